The molecule has 0 saturated heterocycles. The number of alkyl halides is 3. The number of likely N-dealkylation sites (N-methyl/N-ethyl adjacent to an activating group) is 1. The number of amides is 2. The summed E-state index contributed by atoms with van der Waals surface area (Å²) in [6.45, 7) is 0.811. The molecule has 0 unspecified atom stereocenters. The number of methoxy groups -OCH3 is 1. The Morgan fingerprint density at radius 3 is 2.55 bits per heavy atom. The maximum atomic E-state index is 13.1. The molecule has 33 heavy (non-hydrogen) atoms. The van der Waals surface area contributed by atoms with Gasteiger partial charge in [-0.25, -0.2) is 9.78 Å². The van der Waals surface area contributed by atoms with Crippen molar-refractivity contribution in [3.63, 3.8) is 0 Å². The number of benzene rings is 2. The average Bonchev–Trinajstić information content (AvgIpc) is 3.09. The van der Waals surface area contributed by atoms with Crippen molar-refractivity contribution in [2.45, 2.75) is 6.36 Å². The monoisotopic (exact) mass is 524 g/mol. The Kier molecular flexibility index (Phi) is 9.01. The molecule has 7 nitrogen and oxygen atoms in total. The van der Waals surface area contributed by atoms with Crippen LogP contribution in [0.15, 0.2) is 36.4 Å². The van der Waals surface area contributed by atoms with E-state index in [1.807, 2.05) is 19.0 Å². The molecule has 1 heterocycles. The molecule has 0 bridgehead atoms. The van der Waals surface area contributed by atoms with Crippen LogP contribution in [0.4, 0.5) is 28.8 Å². The minimum Gasteiger partial charge on any atom is -0.495 e. The molecule has 13 heteroatoms. The molecule has 0 atom stereocenters. The van der Waals surface area contributed by atoms with Gasteiger partial charge < -0.3 is 19.7 Å². The number of halogens is 5. The third kappa shape index (κ3) is 7.26. The van der Waals surface area contributed by atoms with Gasteiger partial charge in [0.1, 0.15) is 11.5 Å². The molecule has 3 aromatic rings. The van der Waals surface area contributed by atoms with Crippen molar-refractivity contribution in [3.05, 3.63) is 41.4 Å². The molecular weight excluding hydrogens is 504 g/mol. The Morgan fingerprint density at radius 1 is 1.18 bits per heavy atom. The van der Waals surface area contributed by atoms with Gasteiger partial charge in [-0.2, -0.15) is 0 Å². The van der Waals surface area contributed by atoms with Gasteiger partial charge in [0.25, 0.3) is 0 Å². The summed E-state index contributed by atoms with van der Waals surface area (Å²) in [5.74, 6) is 0.0710. The number of nitrogens with zero attached hydrogens (tertiary/aromatic N) is 3. The van der Waals surface area contributed by atoms with Gasteiger partial charge in [-0.1, -0.05) is 22.9 Å². The number of hydrogen-bond donors (Lipinski definition) is 1. The van der Waals surface area contributed by atoms with Crippen LogP contribution in [-0.2, 0) is 0 Å². The van der Waals surface area contributed by atoms with Crippen molar-refractivity contribution in [1.29, 1.82) is 0 Å². The molecule has 0 spiro atoms. The first-order valence-electron chi connectivity index (χ1n) is 9.29. The summed E-state index contributed by atoms with van der Waals surface area (Å²) in [5, 5.41) is 3.50. The second-order valence-electron chi connectivity index (χ2n) is 6.90. The number of carbonyl (C=O) groups is 1. The number of hydrogen-bond acceptors (Lipinski definition) is 6. The summed E-state index contributed by atoms with van der Waals surface area (Å²) in [6, 6.07) is 8.17. The van der Waals surface area contributed by atoms with Crippen LogP contribution in [0.25, 0.3) is 10.2 Å². The maximum Gasteiger partial charge on any atom is 0.573 e. The zero-order valence-electron chi connectivity index (χ0n) is 17.8. The van der Waals surface area contributed by atoms with Crippen molar-refractivity contribution in [3.8, 4) is 11.5 Å². The summed E-state index contributed by atoms with van der Waals surface area (Å²) >= 11 is 7.12. The van der Waals surface area contributed by atoms with Crippen LogP contribution in [0.3, 0.4) is 0 Å². The van der Waals surface area contributed by atoms with Gasteiger partial charge >= 0.3 is 12.4 Å². The molecule has 1 N–H and O–H groups in total. The third-order valence-corrected chi connectivity index (χ3v) is 5.51. The smallest absolute Gasteiger partial charge is 0.495 e. The molecule has 0 fully saturated rings. The molecule has 1 aromatic heterocycles. The lowest BCUT2D eigenvalue weighted by atomic mass is 10.3. The third-order valence-electron chi connectivity index (χ3n) is 4.23. The highest BCUT2D eigenvalue weighted by Crippen LogP contribution is 2.34. The van der Waals surface area contributed by atoms with E-state index in [-0.39, 0.29) is 24.7 Å². The number of fused-ring (bicyclic) bond motifs is 1. The number of aromatic nitrogens is 1. The van der Waals surface area contributed by atoms with E-state index in [4.69, 9.17) is 16.3 Å². The highest BCUT2D eigenvalue weighted by Gasteiger charge is 2.31. The minimum atomic E-state index is -4.80. The summed E-state index contributed by atoms with van der Waals surface area (Å²) in [5.41, 5.74) is 0.823. The van der Waals surface area contributed by atoms with E-state index < -0.39 is 12.4 Å². The van der Waals surface area contributed by atoms with Gasteiger partial charge in [0.05, 0.1) is 23.0 Å². The molecule has 0 saturated carbocycles. The zero-order valence-corrected chi connectivity index (χ0v) is 20.2. The number of nitrogens with one attached hydrogen (secondary N) is 1. The lowest BCUT2D eigenvalue weighted by molar-refractivity contribution is -0.274. The van der Waals surface area contributed by atoms with Crippen molar-refractivity contribution in [1.82, 2.24) is 9.88 Å². The van der Waals surface area contributed by atoms with E-state index in [2.05, 4.69) is 15.0 Å². The van der Waals surface area contributed by atoms with Crippen molar-refractivity contribution in [2.24, 2.45) is 0 Å². The Hall–Kier alpha value is -2.47. The van der Waals surface area contributed by atoms with Crippen LogP contribution in [0, 0.1) is 0 Å². The van der Waals surface area contributed by atoms with Gasteiger partial charge in [0.2, 0.25) is 0 Å². The van der Waals surface area contributed by atoms with E-state index in [0.717, 1.165) is 11.3 Å². The van der Waals surface area contributed by atoms with Gasteiger partial charge in [0, 0.05) is 24.2 Å². The van der Waals surface area contributed by atoms with Crippen LogP contribution in [0.5, 0.6) is 11.5 Å². The first kappa shape index (κ1) is 26.8. The van der Waals surface area contributed by atoms with E-state index in [9.17, 15) is 18.0 Å². The van der Waals surface area contributed by atoms with Gasteiger partial charge in [-0.15, -0.1) is 25.6 Å². The minimum absolute atomic E-state index is 0. The van der Waals surface area contributed by atoms with Crippen molar-refractivity contribution in [2.75, 3.05) is 44.5 Å². The molecule has 2 aromatic carbocycles. The van der Waals surface area contributed by atoms with Crippen LogP contribution in [-0.4, -0.2) is 56.6 Å². The number of rotatable bonds is 7. The summed E-state index contributed by atoms with van der Waals surface area (Å²) in [4.78, 5) is 20.9. The summed E-state index contributed by atoms with van der Waals surface area (Å²) in [7, 11) is 5.18. The number of urea groups is 1. The first-order valence-corrected chi connectivity index (χ1v) is 10.5. The first-order chi connectivity index (χ1) is 15.1. The average molecular weight is 525 g/mol. The molecule has 0 aliphatic carbocycles. The second kappa shape index (κ2) is 11.1. The van der Waals surface area contributed by atoms with Crippen LogP contribution >= 0.6 is 35.3 Å². The highest BCUT2D eigenvalue weighted by molar-refractivity contribution is 7.22. The highest BCUT2D eigenvalue weighted by atomic mass is 35.5. The molecule has 180 valence electrons. The molecule has 2 amide bonds. The lowest BCUT2D eigenvalue weighted by Gasteiger charge is -2.23. The fraction of sp³-hybridized carbons (Fsp3) is 0.300. The van der Waals surface area contributed by atoms with Crippen LogP contribution < -0.4 is 19.7 Å². The largest absolute Gasteiger partial charge is 0.573 e. The molecule has 0 aliphatic heterocycles. The Labute approximate surface area is 203 Å². The van der Waals surface area contributed by atoms with E-state index >= 15 is 0 Å². The van der Waals surface area contributed by atoms with E-state index in [1.165, 1.54) is 30.2 Å². The normalized spacial score (nSPS) is 11.3. The standard InChI is InChI=1S/C20H20ClF3N4O3S.ClH/c1-27(2)8-9-28(18(29)25-15-10-12(21)4-7-16(15)30-3)19-26-14-6-5-13(11-17(14)32-19)31-20(22,23)24;/h4-7,10-11H,8-9H2,1-3H3,(H,25,29);1H. The van der Waals surface area contributed by atoms with Crippen LogP contribution in [0.2, 0.25) is 5.02 Å². The molecule has 0 aliphatic rings. The fourth-order valence-electron chi connectivity index (χ4n) is 2.75. The molecule has 3 rings (SSSR count). The lowest BCUT2D eigenvalue weighted by Crippen LogP contribution is -2.39. The van der Waals surface area contributed by atoms with Crippen LogP contribution in [0.1, 0.15) is 0 Å². The van der Waals surface area contributed by atoms with E-state index in [1.54, 1.807) is 18.2 Å². The molecular formula is C20H21Cl2F3N4O3S. The second-order valence-corrected chi connectivity index (χ2v) is 8.35. The quantitative estimate of drug-likeness (QED) is 0.418. The Bertz CT molecular complexity index is 1110. The predicted octanol–water partition coefficient (Wildman–Crippen LogP) is 5.88. The van der Waals surface area contributed by atoms with Crippen molar-refractivity contribution >= 4 is 62.4 Å². The number of ether oxygens (including phenoxy) is 2. The Morgan fingerprint density at radius 2 is 1.91 bits per heavy atom. The zero-order chi connectivity index (χ0) is 23.5. The summed E-state index contributed by atoms with van der Waals surface area (Å²) in [6.07, 6.45) is -4.80. The van der Waals surface area contributed by atoms with Gasteiger partial charge in [-0.3, -0.25) is 4.90 Å². The van der Waals surface area contributed by atoms with Gasteiger partial charge in [0.15, 0.2) is 5.13 Å². The predicted molar refractivity (Wildman–Crippen MR) is 126 cm³/mol. The fourth-order valence-corrected chi connectivity index (χ4v) is 3.94. The Balaban J connectivity index is 0.00000385. The number of anilines is 2. The maximum absolute atomic E-state index is 13.1. The SMILES string of the molecule is COc1ccc(Cl)cc1NC(=O)N(CCN(C)C)c1nc2ccc(OC(F)(F)F)cc2s1.Cl. The number of carbonyl (C=O) groups excluding carboxylic acids is 1. The number of thiazole rings is 1. The molecule has 0 radical (unpaired) electrons. The summed E-state index contributed by atoms with van der Waals surface area (Å²) < 4.78 is 47.3. The van der Waals surface area contributed by atoms with Crippen molar-refractivity contribution < 1.29 is 27.4 Å². The topological polar surface area (TPSA) is 66.9 Å². The van der Waals surface area contributed by atoms with E-state index in [0.29, 0.717) is 38.4 Å². The van der Waals surface area contributed by atoms with Gasteiger partial charge in [-0.05, 0) is 44.4 Å².